The average Bonchev–Trinajstić information content (AvgIpc) is 2.54. The van der Waals surface area contributed by atoms with E-state index in [1.54, 1.807) is 6.20 Å². The molecule has 21 heavy (non-hydrogen) atoms. The minimum absolute atomic E-state index is 0.126. The number of carbonyl (C=O) groups is 1. The molecule has 4 heteroatoms. The molecule has 0 radical (unpaired) electrons. The minimum Gasteiger partial charge on any atom is -0.332 e. The zero-order valence-corrected chi connectivity index (χ0v) is 13.0. The van der Waals surface area contributed by atoms with E-state index in [9.17, 15) is 4.79 Å². The number of hydrogen-bond acceptors (Lipinski definition) is 2. The van der Waals surface area contributed by atoms with Gasteiger partial charge in [0, 0.05) is 30.4 Å². The Hall–Kier alpha value is -1.87. The second-order valence-corrected chi connectivity index (χ2v) is 5.21. The van der Waals surface area contributed by atoms with Crippen LogP contribution in [0.25, 0.3) is 0 Å². The molecule has 1 atom stereocenters. The highest BCUT2D eigenvalue weighted by Gasteiger charge is 2.24. The van der Waals surface area contributed by atoms with Gasteiger partial charge in [0.15, 0.2) is 0 Å². The highest BCUT2D eigenvalue weighted by Crippen LogP contribution is 2.29. The number of amides is 1. The van der Waals surface area contributed by atoms with E-state index < -0.39 is 0 Å². The van der Waals surface area contributed by atoms with Crippen LogP contribution >= 0.6 is 11.6 Å². The maximum absolute atomic E-state index is 12.3. The lowest BCUT2D eigenvalue weighted by molar-refractivity contribution is -0.132. The molecule has 0 aliphatic heterocycles. The van der Waals surface area contributed by atoms with E-state index in [0.717, 1.165) is 11.1 Å². The number of benzene rings is 1. The first-order valence-electron chi connectivity index (χ1n) is 7.12. The number of pyridine rings is 1. The molecular formula is C17H19ClN2O. The van der Waals surface area contributed by atoms with E-state index in [1.165, 1.54) is 0 Å². The number of rotatable bonds is 5. The molecule has 2 aromatic rings. The van der Waals surface area contributed by atoms with Gasteiger partial charge in [-0.15, -0.1) is 0 Å². The smallest absolute Gasteiger partial charge is 0.223 e. The van der Waals surface area contributed by atoms with Gasteiger partial charge < -0.3 is 4.90 Å². The summed E-state index contributed by atoms with van der Waals surface area (Å²) in [7, 11) is 0. The summed E-state index contributed by atoms with van der Waals surface area (Å²) < 4.78 is 0. The summed E-state index contributed by atoms with van der Waals surface area (Å²) in [6, 6.07) is 11.4. The van der Waals surface area contributed by atoms with Crippen LogP contribution in [0, 0.1) is 0 Å². The topological polar surface area (TPSA) is 33.2 Å². The van der Waals surface area contributed by atoms with Crippen LogP contribution in [0.1, 0.15) is 37.4 Å². The van der Waals surface area contributed by atoms with Crippen molar-refractivity contribution in [3.63, 3.8) is 0 Å². The molecule has 1 aromatic heterocycles. The van der Waals surface area contributed by atoms with E-state index in [0.29, 0.717) is 18.0 Å². The van der Waals surface area contributed by atoms with Crippen molar-refractivity contribution in [2.75, 3.05) is 6.54 Å². The lowest BCUT2D eigenvalue weighted by Crippen LogP contribution is -2.35. The van der Waals surface area contributed by atoms with Gasteiger partial charge >= 0.3 is 0 Å². The fraction of sp³-hybridized carbons (Fsp3) is 0.294. The van der Waals surface area contributed by atoms with Crippen LogP contribution in [0.2, 0.25) is 5.02 Å². The Morgan fingerprint density at radius 1 is 1.19 bits per heavy atom. The first-order chi connectivity index (χ1) is 10.2. The van der Waals surface area contributed by atoms with E-state index in [-0.39, 0.29) is 11.9 Å². The molecule has 0 spiro atoms. The molecular weight excluding hydrogens is 284 g/mol. The molecule has 0 fully saturated rings. The maximum Gasteiger partial charge on any atom is 0.223 e. The fourth-order valence-corrected chi connectivity index (χ4v) is 2.57. The van der Waals surface area contributed by atoms with Gasteiger partial charge in [0.25, 0.3) is 0 Å². The van der Waals surface area contributed by atoms with E-state index >= 15 is 0 Å². The summed E-state index contributed by atoms with van der Waals surface area (Å²) in [5, 5.41) is 0.688. The molecule has 1 heterocycles. The number of aromatic nitrogens is 1. The Labute approximate surface area is 130 Å². The van der Waals surface area contributed by atoms with E-state index in [2.05, 4.69) is 4.98 Å². The second-order valence-electron chi connectivity index (χ2n) is 4.77. The molecule has 1 aromatic carbocycles. The van der Waals surface area contributed by atoms with Crippen molar-refractivity contribution in [3.05, 3.63) is 64.9 Å². The zero-order valence-electron chi connectivity index (χ0n) is 12.3. The Morgan fingerprint density at radius 2 is 1.90 bits per heavy atom. The van der Waals surface area contributed by atoms with Gasteiger partial charge in [-0.25, -0.2) is 0 Å². The average molecular weight is 303 g/mol. The van der Waals surface area contributed by atoms with Crippen LogP contribution in [-0.4, -0.2) is 22.3 Å². The van der Waals surface area contributed by atoms with Gasteiger partial charge in [-0.3, -0.25) is 9.78 Å². The summed E-state index contributed by atoms with van der Waals surface area (Å²) in [5.41, 5.74) is 2.04. The molecule has 0 saturated heterocycles. The highest BCUT2D eigenvalue weighted by atomic mass is 35.5. The minimum atomic E-state index is -0.131. The van der Waals surface area contributed by atoms with Crippen molar-refractivity contribution < 1.29 is 4.79 Å². The molecule has 0 aliphatic rings. The third kappa shape index (κ3) is 3.61. The molecule has 0 N–H and O–H groups in total. The first kappa shape index (κ1) is 15.5. The third-order valence-electron chi connectivity index (χ3n) is 3.46. The fourth-order valence-electron chi connectivity index (χ4n) is 2.44. The van der Waals surface area contributed by atoms with E-state index in [4.69, 9.17) is 11.6 Å². The third-order valence-corrected chi connectivity index (χ3v) is 3.71. The van der Waals surface area contributed by atoms with Crippen molar-refractivity contribution in [1.29, 1.82) is 0 Å². The summed E-state index contributed by atoms with van der Waals surface area (Å²) in [5.74, 6) is 0.126. The quantitative estimate of drug-likeness (QED) is 0.833. The molecule has 2 rings (SSSR count). The van der Waals surface area contributed by atoms with Gasteiger partial charge in [0.1, 0.15) is 0 Å². The molecule has 1 amide bonds. The Bertz CT molecular complexity index is 583. The summed E-state index contributed by atoms with van der Waals surface area (Å²) in [6.07, 6.45) is 4.03. The number of halogens is 1. The summed E-state index contributed by atoms with van der Waals surface area (Å²) in [4.78, 5) is 18.3. The monoisotopic (exact) mass is 302 g/mol. The Morgan fingerprint density at radius 3 is 2.43 bits per heavy atom. The zero-order chi connectivity index (χ0) is 15.2. The van der Waals surface area contributed by atoms with Crippen LogP contribution in [0.15, 0.2) is 48.8 Å². The molecule has 0 aliphatic carbocycles. The van der Waals surface area contributed by atoms with Gasteiger partial charge in [-0.05, 0) is 36.2 Å². The molecule has 0 saturated carbocycles. The standard InChI is InChI=1S/C17H19ClN2O/c1-3-16(21)20(4-2)17(14-6-5-11-19-12-14)13-7-9-15(18)10-8-13/h5-12,17H,3-4H2,1-2H3/t17-/m0/s1. The Kier molecular flexibility index (Phi) is 5.34. The van der Waals surface area contributed by atoms with Gasteiger partial charge in [0.05, 0.1) is 6.04 Å². The van der Waals surface area contributed by atoms with E-state index in [1.807, 2.05) is 61.3 Å². The van der Waals surface area contributed by atoms with Crippen LogP contribution in [0.5, 0.6) is 0 Å². The molecule has 3 nitrogen and oxygen atoms in total. The van der Waals surface area contributed by atoms with Crippen molar-refractivity contribution >= 4 is 17.5 Å². The Balaban J connectivity index is 2.48. The van der Waals surface area contributed by atoms with Crippen LogP contribution < -0.4 is 0 Å². The van der Waals surface area contributed by atoms with Gasteiger partial charge in [-0.2, -0.15) is 0 Å². The number of nitrogens with zero attached hydrogens (tertiary/aromatic N) is 2. The van der Waals surface area contributed by atoms with Crippen molar-refractivity contribution in [3.8, 4) is 0 Å². The van der Waals surface area contributed by atoms with Crippen molar-refractivity contribution in [2.45, 2.75) is 26.3 Å². The first-order valence-corrected chi connectivity index (χ1v) is 7.50. The van der Waals surface area contributed by atoms with Crippen LogP contribution in [-0.2, 0) is 4.79 Å². The summed E-state index contributed by atoms with van der Waals surface area (Å²) in [6.45, 7) is 4.52. The number of carbonyl (C=O) groups excluding carboxylic acids is 1. The predicted octanol–water partition coefficient (Wildman–Crippen LogP) is 4.08. The molecule has 110 valence electrons. The highest BCUT2D eigenvalue weighted by molar-refractivity contribution is 6.30. The predicted molar refractivity (Wildman–Crippen MR) is 85.2 cm³/mol. The molecule has 0 unspecified atom stereocenters. The maximum atomic E-state index is 12.3. The van der Waals surface area contributed by atoms with Gasteiger partial charge in [-0.1, -0.05) is 36.7 Å². The van der Waals surface area contributed by atoms with Crippen LogP contribution in [0.4, 0.5) is 0 Å². The molecule has 0 bridgehead atoms. The van der Waals surface area contributed by atoms with Crippen molar-refractivity contribution in [2.24, 2.45) is 0 Å². The normalized spacial score (nSPS) is 12.0. The summed E-state index contributed by atoms with van der Waals surface area (Å²) >= 11 is 5.97. The largest absolute Gasteiger partial charge is 0.332 e. The number of hydrogen-bond donors (Lipinski definition) is 0. The SMILES string of the molecule is CCC(=O)N(CC)[C@@H](c1ccc(Cl)cc1)c1cccnc1. The van der Waals surface area contributed by atoms with Gasteiger partial charge in [0.2, 0.25) is 5.91 Å². The lowest BCUT2D eigenvalue weighted by Gasteiger charge is -2.31. The lowest BCUT2D eigenvalue weighted by atomic mass is 9.98. The second kappa shape index (κ2) is 7.23. The van der Waals surface area contributed by atoms with Crippen LogP contribution in [0.3, 0.4) is 0 Å². The van der Waals surface area contributed by atoms with Crippen molar-refractivity contribution in [1.82, 2.24) is 9.88 Å².